The highest BCUT2D eigenvalue weighted by atomic mass is 35.5. The second-order valence-electron chi connectivity index (χ2n) is 8.27. The van der Waals surface area contributed by atoms with E-state index in [9.17, 15) is 4.79 Å². The highest BCUT2D eigenvalue weighted by Crippen LogP contribution is 2.23. The Morgan fingerprint density at radius 2 is 1.74 bits per heavy atom. The molecule has 0 saturated carbocycles. The Morgan fingerprint density at radius 3 is 2.42 bits per heavy atom. The van der Waals surface area contributed by atoms with E-state index in [1.807, 2.05) is 30.3 Å². The van der Waals surface area contributed by atoms with E-state index in [0.717, 1.165) is 69.3 Å². The summed E-state index contributed by atoms with van der Waals surface area (Å²) in [5.41, 5.74) is 0.936. The van der Waals surface area contributed by atoms with E-state index in [-0.39, 0.29) is 11.8 Å². The molecule has 7 nitrogen and oxygen atoms in total. The van der Waals surface area contributed by atoms with Crippen LogP contribution in [0.5, 0.6) is 0 Å². The number of rotatable bonds is 6. The summed E-state index contributed by atoms with van der Waals surface area (Å²) in [5, 5.41) is 12.7. The van der Waals surface area contributed by atoms with Crippen molar-refractivity contribution in [2.45, 2.75) is 26.3 Å². The number of likely N-dealkylation sites (N-methyl/N-ethyl adjacent to an activating group) is 1. The summed E-state index contributed by atoms with van der Waals surface area (Å²) in [6.45, 7) is 9.42. The zero-order chi connectivity index (χ0) is 21.6. The lowest BCUT2D eigenvalue weighted by Gasteiger charge is -2.35. The number of nitrogens with one attached hydrogen (secondary N) is 1. The number of benzene rings is 1. The summed E-state index contributed by atoms with van der Waals surface area (Å²) < 4.78 is 0. The molecule has 2 aliphatic rings. The van der Waals surface area contributed by atoms with Gasteiger partial charge in [-0.05, 0) is 43.1 Å². The quantitative estimate of drug-likeness (QED) is 0.742. The Balaban J connectivity index is 1.32. The van der Waals surface area contributed by atoms with Gasteiger partial charge in [-0.15, -0.1) is 10.2 Å². The first-order valence-electron chi connectivity index (χ1n) is 11.2. The van der Waals surface area contributed by atoms with Gasteiger partial charge in [0, 0.05) is 50.8 Å². The summed E-state index contributed by atoms with van der Waals surface area (Å²) >= 11 is 6.20. The number of amides is 1. The molecule has 2 aliphatic heterocycles. The van der Waals surface area contributed by atoms with Crippen LogP contribution in [-0.2, 0) is 11.3 Å². The number of nitrogens with zero attached hydrogens (tertiary/aromatic N) is 5. The van der Waals surface area contributed by atoms with E-state index >= 15 is 0 Å². The van der Waals surface area contributed by atoms with Crippen LogP contribution in [0.3, 0.4) is 0 Å². The van der Waals surface area contributed by atoms with Gasteiger partial charge in [-0.1, -0.05) is 36.7 Å². The SMILES string of the molecule is CCN1CCN(c2ccc(N3CCCC(C(=O)NCc4ccccc4Cl)C3)nn2)CC1. The fourth-order valence-corrected chi connectivity index (χ4v) is 4.52. The van der Waals surface area contributed by atoms with Gasteiger partial charge in [-0.2, -0.15) is 0 Å². The molecule has 2 fully saturated rings. The molecule has 1 amide bonds. The van der Waals surface area contributed by atoms with Crippen molar-refractivity contribution in [3.05, 3.63) is 47.0 Å². The first kappa shape index (κ1) is 21.8. The maximum absolute atomic E-state index is 12.7. The van der Waals surface area contributed by atoms with Crippen LogP contribution in [0.2, 0.25) is 5.02 Å². The van der Waals surface area contributed by atoms with Gasteiger partial charge in [0.2, 0.25) is 5.91 Å². The summed E-state index contributed by atoms with van der Waals surface area (Å²) in [4.78, 5) is 19.7. The first-order valence-corrected chi connectivity index (χ1v) is 11.6. The lowest BCUT2D eigenvalue weighted by Crippen LogP contribution is -2.46. The summed E-state index contributed by atoms with van der Waals surface area (Å²) in [6, 6.07) is 11.7. The minimum Gasteiger partial charge on any atom is -0.354 e. The third-order valence-corrected chi connectivity index (χ3v) is 6.68. The Morgan fingerprint density at radius 1 is 1.03 bits per heavy atom. The molecule has 3 heterocycles. The molecule has 1 N–H and O–H groups in total. The van der Waals surface area contributed by atoms with Gasteiger partial charge >= 0.3 is 0 Å². The lowest BCUT2D eigenvalue weighted by molar-refractivity contribution is -0.125. The molecule has 0 radical (unpaired) electrons. The van der Waals surface area contributed by atoms with Crippen LogP contribution in [-0.4, -0.2) is 66.8 Å². The van der Waals surface area contributed by atoms with E-state index in [1.54, 1.807) is 0 Å². The van der Waals surface area contributed by atoms with Crippen molar-refractivity contribution >= 4 is 29.1 Å². The fourth-order valence-electron chi connectivity index (χ4n) is 4.32. The van der Waals surface area contributed by atoms with Crippen LogP contribution >= 0.6 is 11.6 Å². The lowest BCUT2D eigenvalue weighted by atomic mass is 9.97. The molecule has 0 aliphatic carbocycles. The number of anilines is 2. The van der Waals surface area contributed by atoms with Crippen molar-refractivity contribution in [2.75, 3.05) is 55.6 Å². The van der Waals surface area contributed by atoms with Gasteiger partial charge in [-0.3, -0.25) is 4.79 Å². The van der Waals surface area contributed by atoms with Crippen LogP contribution < -0.4 is 15.1 Å². The van der Waals surface area contributed by atoms with E-state index in [1.165, 1.54) is 0 Å². The van der Waals surface area contributed by atoms with Crippen molar-refractivity contribution in [3.63, 3.8) is 0 Å². The normalized spacial score (nSPS) is 20.0. The molecular formula is C23H31ClN6O. The van der Waals surface area contributed by atoms with Gasteiger partial charge < -0.3 is 20.0 Å². The molecule has 0 spiro atoms. The van der Waals surface area contributed by atoms with Crippen LogP contribution in [0.4, 0.5) is 11.6 Å². The molecule has 1 atom stereocenters. The smallest absolute Gasteiger partial charge is 0.225 e. The molecule has 2 saturated heterocycles. The van der Waals surface area contributed by atoms with Crippen LogP contribution in [0.15, 0.2) is 36.4 Å². The Kier molecular flexibility index (Phi) is 7.25. The number of piperidine rings is 1. The van der Waals surface area contributed by atoms with Crippen molar-refractivity contribution in [2.24, 2.45) is 5.92 Å². The largest absolute Gasteiger partial charge is 0.354 e. The molecular weight excluding hydrogens is 412 g/mol. The average molecular weight is 443 g/mol. The second-order valence-corrected chi connectivity index (χ2v) is 8.67. The minimum atomic E-state index is -0.0557. The highest BCUT2D eigenvalue weighted by molar-refractivity contribution is 6.31. The van der Waals surface area contributed by atoms with Crippen molar-refractivity contribution < 1.29 is 4.79 Å². The van der Waals surface area contributed by atoms with Gasteiger partial charge in [-0.25, -0.2) is 0 Å². The van der Waals surface area contributed by atoms with Crippen molar-refractivity contribution in [3.8, 4) is 0 Å². The van der Waals surface area contributed by atoms with E-state index in [0.29, 0.717) is 18.1 Å². The van der Waals surface area contributed by atoms with Crippen LogP contribution in [0, 0.1) is 5.92 Å². The predicted octanol–water partition coefficient (Wildman–Crippen LogP) is 2.80. The van der Waals surface area contributed by atoms with Crippen molar-refractivity contribution in [1.82, 2.24) is 20.4 Å². The van der Waals surface area contributed by atoms with E-state index < -0.39 is 0 Å². The molecule has 31 heavy (non-hydrogen) atoms. The molecule has 2 aromatic rings. The number of halogens is 1. The number of aromatic nitrogens is 2. The van der Waals surface area contributed by atoms with Gasteiger partial charge in [0.1, 0.15) is 0 Å². The maximum atomic E-state index is 12.7. The summed E-state index contributed by atoms with van der Waals surface area (Å²) in [7, 11) is 0. The Hall–Kier alpha value is -2.38. The van der Waals surface area contributed by atoms with Gasteiger partial charge in [0.15, 0.2) is 11.6 Å². The zero-order valence-corrected chi connectivity index (χ0v) is 18.9. The first-order chi connectivity index (χ1) is 15.1. The molecule has 1 aromatic heterocycles. The number of hydrogen-bond acceptors (Lipinski definition) is 6. The molecule has 1 aromatic carbocycles. The number of piperazine rings is 1. The molecule has 166 valence electrons. The van der Waals surface area contributed by atoms with Crippen LogP contribution in [0.1, 0.15) is 25.3 Å². The average Bonchev–Trinajstić information content (AvgIpc) is 2.83. The number of carbonyl (C=O) groups excluding carboxylic acids is 1. The molecule has 0 bridgehead atoms. The van der Waals surface area contributed by atoms with Crippen molar-refractivity contribution in [1.29, 1.82) is 0 Å². The third kappa shape index (κ3) is 5.46. The Labute approximate surface area is 189 Å². The monoisotopic (exact) mass is 442 g/mol. The molecule has 4 rings (SSSR count). The fraction of sp³-hybridized carbons (Fsp3) is 0.522. The summed E-state index contributed by atoms with van der Waals surface area (Å²) in [5.74, 6) is 1.80. The van der Waals surface area contributed by atoms with Gasteiger partial charge in [0.05, 0.1) is 5.92 Å². The van der Waals surface area contributed by atoms with Crippen LogP contribution in [0.25, 0.3) is 0 Å². The van der Waals surface area contributed by atoms with E-state index in [4.69, 9.17) is 11.6 Å². The standard InChI is InChI=1S/C23H31ClN6O/c1-2-28-12-14-29(15-13-28)21-9-10-22(27-26-21)30-11-5-7-19(17-30)23(31)25-16-18-6-3-4-8-20(18)24/h3-4,6,8-10,19H,2,5,7,11-17H2,1H3,(H,25,31). The highest BCUT2D eigenvalue weighted by Gasteiger charge is 2.27. The topological polar surface area (TPSA) is 64.6 Å². The minimum absolute atomic E-state index is 0.0557. The van der Waals surface area contributed by atoms with E-state index in [2.05, 4.69) is 43.2 Å². The Bertz CT molecular complexity index is 869. The number of carbonyl (C=O) groups is 1. The molecule has 1 unspecified atom stereocenters. The van der Waals surface area contributed by atoms with Gasteiger partial charge in [0.25, 0.3) is 0 Å². The molecule has 8 heteroatoms. The zero-order valence-electron chi connectivity index (χ0n) is 18.1. The predicted molar refractivity (Wildman–Crippen MR) is 125 cm³/mol. The maximum Gasteiger partial charge on any atom is 0.225 e. The third-order valence-electron chi connectivity index (χ3n) is 6.31. The second kappa shape index (κ2) is 10.3. The summed E-state index contributed by atoms with van der Waals surface area (Å²) in [6.07, 6.45) is 1.85. The number of hydrogen-bond donors (Lipinski definition) is 1.